The van der Waals surface area contributed by atoms with E-state index in [0.717, 1.165) is 15.9 Å². The van der Waals surface area contributed by atoms with Crippen LogP contribution in [0.25, 0.3) is 0 Å². The smallest absolute Gasteiger partial charge is 0.261 e. The number of nitrogens with zero attached hydrogens (tertiary/aromatic N) is 1. The molecule has 4 aromatic carbocycles. The average Bonchev–Trinajstić information content (AvgIpc) is 3.05. The minimum Gasteiger partial charge on any atom is -0.401 e. The molecule has 0 fully saturated rings. The van der Waals surface area contributed by atoms with Crippen molar-refractivity contribution in [1.29, 1.82) is 0 Å². The van der Waals surface area contributed by atoms with Crippen LogP contribution in [0.1, 0.15) is 64.3 Å². The molecule has 0 aliphatic carbocycles. The van der Waals surface area contributed by atoms with Crippen LogP contribution in [0, 0.1) is 0 Å². The van der Waals surface area contributed by atoms with Crippen molar-refractivity contribution >= 4 is 24.6 Å². The van der Waals surface area contributed by atoms with E-state index in [1.54, 1.807) is 14.0 Å². The molecule has 0 saturated heterocycles. The molecule has 0 aromatic heterocycles. The van der Waals surface area contributed by atoms with Gasteiger partial charge in [-0.05, 0) is 39.9 Å². The van der Waals surface area contributed by atoms with Gasteiger partial charge in [-0.25, -0.2) is 0 Å². The standard InChI is InChI=1S/C38H48N2O4Si/c1-7-32(44-45(37(2,3)4,30-24-16-10-17-25-30)31-26-18-11-19-27-31)38(5,43)35(39)36(42)40(6)33(28-20-12-8-13-21-28)34(41)29-22-14-9-15-23-29/h8-27,32-35,41,43H,7,39H2,1-6H3/t32-,33+,34+,35-,38-/m1/s1. The first-order valence-corrected chi connectivity index (χ1v) is 17.6. The van der Waals surface area contributed by atoms with Crippen LogP contribution in [0.2, 0.25) is 5.04 Å². The topological polar surface area (TPSA) is 96.0 Å². The van der Waals surface area contributed by atoms with Gasteiger partial charge in [-0.1, -0.05) is 149 Å². The number of aliphatic hydroxyl groups excluding tert-OH is 1. The van der Waals surface area contributed by atoms with E-state index >= 15 is 0 Å². The average molecular weight is 625 g/mol. The van der Waals surface area contributed by atoms with Gasteiger partial charge >= 0.3 is 0 Å². The summed E-state index contributed by atoms with van der Waals surface area (Å²) in [5.41, 5.74) is 6.43. The number of carbonyl (C=O) groups excluding carboxylic acids is 1. The van der Waals surface area contributed by atoms with Crippen molar-refractivity contribution < 1.29 is 19.4 Å². The second kappa shape index (κ2) is 14.2. The molecule has 0 heterocycles. The van der Waals surface area contributed by atoms with Crippen molar-refractivity contribution in [2.75, 3.05) is 7.05 Å². The molecule has 0 aliphatic heterocycles. The van der Waals surface area contributed by atoms with Crippen LogP contribution in [-0.4, -0.2) is 54.1 Å². The fourth-order valence-electron chi connectivity index (χ4n) is 6.43. The van der Waals surface area contributed by atoms with E-state index in [2.05, 4.69) is 45.0 Å². The summed E-state index contributed by atoms with van der Waals surface area (Å²) in [7, 11) is -1.44. The van der Waals surface area contributed by atoms with Crippen molar-refractivity contribution in [2.45, 2.75) is 76.0 Å². The van der Waals surface area contributed by atoms with Crippen molar-refractivity contribution in [3.05, 3.63) is 132 Å². The Morgan fingerprint density at radius 2 is 1.18 bits per heavy atom. The van der Waals surface area contributed by atoms with E-state index in [1.807, 2.05) is 104 Å². The molecule has 0 aliphatic rings. The number of hydrogen-bond donors (Lipinski definition) is 3. The maximum Gasteiger partial charge on any atom is 0.261 e. The second-order valence-electron chi connectivity index (χ2n) is 13.0. The van der Waals surface area contributed by atoms with Gasteiger partial charge in [0.2, 0.25) is 5.91 Å². The third-order valence-corrected chi connectivity index (χ3v) is 14.0. The van der Waals surface area contributed by atoms with Crippen molar-refractivity contribution in [2.24, 2.45) is 5.73 Å². The number of aliphatic hydroxyl groups is 2. The third-order valence-electron chi connectivity index (χ3n) is 9.00. The van der Waals surface area contributed by atoms with E-state index in [1.165, 1.54) is 4.90 Å². The van der Waals surface area contributed by atoms with E-state index in [-0.39, 0.29) is 5.04 Å². The minimum absolute atomic E-state index is 0.331. The zero-order valence-electron chi connectivity index (χ0n) is 27.3. The highest BCUT2D eigenvalue weighted by molar-refractivity contribution is 6.99. The lowest BCUT2D eigenvalue weighted by atomic mass is 9.87. The van der Waals surface area contributed by atoms with Crippen molar-refractivity contribution in [1.82, 2.24) is 4.90 Å². The predicted octanol–water partition coefficient (Wildman–Crippen LogP) is 5.35. The van der Waals surface area contributed by atoms with E-state index in [4.69, 9.17) is 10.2 Å². The molecule has 238 valence electrons. The van der Waals surface area contributed by atoms with Gasteiger partial charge in [-0.15, -0.1) is 0 Å². The Bertz CT molecular complexity index is 1460. The largest absolute Gasteiger partial charge is 0.401 e. The number of hydrogen-bond acceptors (Lipinski definition) is 5. The van der Waals surface area contributed by atoms with Crippen LogP contribution in [-0.2, 0) is 9.22 Å². The maximum absolute atomic E-state index is 14.2. The molecule has 1 amide bonds. The van der Waals surface area contributed by atoms with Gasteiger partial charge in [0.25, 0.3) is 8.32 Å². The summed E-state index contributed by atoms with van der Waals surface area (Å²) in [5, 5.41) is 25.6. The Hall–Kier alpha value is -3.59. The maximum atomic E-state index is 14.2. The molecular formula is C38H48N2O4Si. The van der Waals surface area contributed by atoms with Gasteiger partial charge in [0.1, 0.15) is 17.7 Å². The number of likely N-dealkylation sites (N-methyl/N-ethyl adjacent to an activating group) is 1. The lowest BCUT2D eigenvalue weighted by Gasteiger charge is -2.49. The Morgan fingerprint density at radius 3 is 1.58 bits per heavy atom. The molecule has 0 unspecified atom stereocenters. The summed E-state index contributed by atoms with van der Waals surface area (Å²) >= 11 is 0. The first-order chi connectivity index (χ1) is 21.4. The number of amides is 1. The highest BCUT2D eigenvalue weighted by Crippen LogP contribution is 2.40. The monoisotopic (exact) mass is 624 g/mol. The van der Waals surface area contributed by atoms with Crippen LogP contribution < -0.4 is 16.1 Å². The molecular weight excluding hydrogens is 577 g/mol. The Morgan fingerprint density at radius 1 is 0.778 bits per heavy atom. The summed E-state index contributed by atoms with van der Waals surface area (Å²) in [6.07, 6.45) is -1.36. The third kappa shape index (κ3) is 6.98. The number of benzene rings is 4. The first-order valence-electron chi connectivity index (χ1n) is 15.7. The summed E-state index contributed by atoms with van der Waals surface area (Å²) < 4.78 is 7.29. The lowest BCUT2D eigenvalue weighted by Crippen LogP contribution is -2.71. The molecule has 5 atom stereocenters. The van der Waals surface area contributed by atoms with Gasteiger partial charge in [0.15, 0.2) is 0 Å². The van der Waals surface area contributed by atoms with Crippen molar-refractivity contribution in [3.8, 4) is 0 Å². The molecule has 0 bridgehead atoms. The van der Waals surface area contributed by atoms with E-state index in [0.29, 0.717) is 12.0 Å². The molecule has 0 radical (unpaired) electrons. The minimum atomic E-state index is -3.07. The van der Waals surface area contributed by atoms with Crippen LogP contribution >= 0.6 is 0 Å². The zero-order chi connectivity index (χ0) is 32.8. The van der Waals surface area contributed by atoms with Gasteiger partial charge in [-0.3, -0.25) is 4.79 Å². The zero-order valence-corrected chi connectivity index (χ0v) is 28.3. The molecule has 4 rings (SSSR count). The summed E-state index contributed by atoms with van der Waals surface area (Å²) in [6.45, 7) is 10.1. The van der Waals surface area contributed by atoms with Gasteiger partial charge < -0.3 is 25.3 Å². The fourth-order valence-corrected chi connectivity index (χ4v) is 11.3. The van der Waals surface area contributed by atoms with Crippen LogP contribution in [0.15, 0.2) is 121 Å². The highest BCUT2D eigenvalue weighted by Gasteiger charge is 2.55. The number of carbonyl (C=O) groups is 1. The number of nitrogens with two attached hydrogens (primary N) is 1. The Balaban J connectivity index is 1.73. The van der Waals surface area contributed by atoms with Crippen LogP contribution in [0.5, 0.6) is 0 Å². The van der Waals surface area contributed by atoms with Gasteiger partial charge in [0, 0.05) is 7.05 Å². The highest BCUT2D eigenvalue weighted by atomic mass is 28.4. The summed E-state index contributed by atoms with van der Waals surface area (Å²) in [5.74, 6) is -0.492. The van der Waals surface area contributed by atoms with E-state index in [9.17, 15) is 15.0 Å². The second-order valence-corrected chi connectivity index (χ2v) is 17.3. The summed E-state index contributed by atoms with van der Waals surface area (Å²) in [4.78, 5) is 15.7. The molecule has 6 nitrogen and oxygen atoms in total. The predicted molar refractivity (Wildman–Crippen MR) is 185 cm³/mol. The molecule has 45 heavy (non-hydrogen) atoms. The Kier molecular flexibility index (Phi) is 10.8. The van der Waals surface area contributed by atoms with Gasteiger partial charge in [-0.2, -0.15) is 0 Å². The molecule has 4 N–H and O–H groups in total. The van der Waals surface area contributed by atoms with Crippen molar-refractivity contribution in [3.63, 3.8) is 0 Å². The SMILES string of the molecule is CC[C@@H](O[Si](c1ccccc1)(c1ccccc1)C(C)(C)C)[C@@](C)(O)[C@H](N)C(=O)N(C)[C@@H](c1ccccc1)[C@@H](O)c1ccccc1. The van der Waals surface area contributed by atoms with Gasteiger partial charge in [0.05, 0.1) is 12.1 Å². The molecule has 0 spiro atoms. The van der Waals surface area contributed by atoms with Crippen LogP contribution in [0.3, 0.4) is 0 Å². The Labute approximate surface area is 269 Å². The fraction of sp³-hybridized carbons (Fsp3) is 0.342. The number of rotatable bonds is 12. The first kappa shape index (κ1) is 34.3. The molecule has 4 aromatic rings. The van der Waals surface area contributed by atoms with Crippen LogP contribution in [0.4, 0.5) is 0 Å². The molecule has 7 heteroatoms. The lowest BCUT2D eigenvalue weighted by molar-refractivity contribution is -0.148. The quantitative estimate of drug-likeness (QED) is 0.185. The molecule has 0 saturated carbocycles. The summed E-state index contributed by atoms with van der Waals surface area (Å²) in [6, 6.07) is 37.0. The van der Waals surface area contributed by atoms with E-state index < -0.39 is 44.1 Å². The normalized spacial score (nSPS) is 16.2.